The molecule has 0 saturated heterocycles. The zero-order chi connectivity index (χ0) is 16.2. The minimum absolute atomic E-state index is 0.0897. The molecule has 21 heavy (non-hydrogen) atoms. The van der Waals surface area contributed by atoms with Crippen molar-refractivity contribution in [1.82, 2.24) is 4.72 Å². The Morgan fingerprint density at radius 3 is 2.19 bits per heavy atom. The number of carbonyl (C=O) groups excluding carboxylic acids is 1. The van der Waals surface area contributed by atoms with Gasteiger partial charge in [-0.1, -0.05) is 23.2 Å². The van der Waals surface area contributed by atoms with Gasteiger partial charge in [0.1, 0.15) is 6.04 Å². The highest BCUT2D eigenvalue weighted by molar-refractivity contribution is 7.89. The summed E-state index contributed by atoms with van der Waals surface area (Å²) < 4.78 is 26.1. The number of nitrogens with one attached hydrogen (secondary N) is 1. The van der Waals surface area contributed by atoms with Gasteiger partial charge in [-0.25, -0.2) is 8.42 Å². The molecule has 0 aromatic heterocycles. The van der Waals surface area contributed by atoms with Crippen molar-refractivity contribution in [3.8, 4) is 0 Å². The lowest BCUT2D eigenvalue weighted by Gasteiger charge is -2.14. The zero-order valence-corrected chi connectivity index (χ0v) is 12.9. The second-order valence-corrected chi connectivity index (χ2v) is 6.71. The first-order chi connectivity index (χ1) is 9.61. The Balaban J connectivity index is 3.00. The maximum absolute atomic E-state index is 12.1. The van der Waals surface area contributed by atoms with E-state index in [1.165, 1.54) is 6.07 Å². The van der Waals surface area contributed by atoms with Crippen LogP contribution < -0.4 is 10.5 Å². The van der Waals surface area contributed by atoms with Gasteiger partial charge >= 0.3 is 5.97 Å². The number of aliphatic carboxylic acids is 1. The average Bonchev–Trinajstić information content (AvgIpc) is 2.32. The van der Waals surface area contributed by atoms with Gasteiger partial charge in [-0.3, -0.25) is 9.59 Å². The van der Waals surface area contributed by atoms with Gasteiger partial charge in [-0.15, -0.1) is 0 Å². The predicted molar refractivity (Wildman–Crippen MR) is 76.6 cm³/mol. The van der Waals surface area contributed by atoms with Crippen LogP contribution in [0.4, 0.5) is 0 Å². The summed E-state index contributed by atoms with van der Waals surface area (Å²) in [6.45, 7) is 0. The van der Waals surface area contributed by atoms with Gasteiger partial charge in [-0.2, -0.15) is 4.72 Å². The molecule has 0 aliphatic heterocycles. The number of hydrogen-bond donors (Lipinski definition) is 3. The second-order valence-electron chi connectivity index (χ2n) is 4.12. The average molecular weight is 355 g/mol. The first-order valence-electron chi connectivity index (χ1n) is 5.61. The third-order valence-electron chi connectivity index (χ3n) is 2.42. The van der Waals surface area contributed by atoms with Crippen LogP contribution in [0.5, 0.6) is 0 Å². The summed E-state index contributed by atoms with van der Waals surface area (Å²) in [5.41, 5.74) is 4.91. The summed E-state index contributed by atoms with van der Waals surface area (Å²) in [6, 6.07) is 2.11. The number of primary amides is 1. The van der Waals surface area contributed by atoms with Crippen molar-refractivity contribution in [2.75, 3.05) is 0 Å². The number of amides is 1. The number of nitrogens with two attached hydrogens (primary N) is 1. The fourth-order valence-corrected chi connectivity index (χ4v) is 3.41. The van der Waals surface area contributed by atoms with Crippen LogP contribution in [0.2, 0.25) is 10.0 Å². The van der Waals surface area contributed by atoms with Crippen LogP contribution in [0.3, 0.4) is 0 Å². The number of sulfonamides is 1. The number of carboxylic acid groups (broad SMARTS) is 1. The molecular weight excluding hydrogens is 343 g/mol. The summed E-state index contributed by atoms with van der Waals surface area (Å²) >= 11 is 11.4. The molecule has 0 unspecified atom stereocenters. The Labute approximate surface area is 131 Å². The fraction of sp³-hybridized carbons (Fsp3) is 0.273. The molecule has 1 amide bonds. The highest BCUT2D eigenvalue weighted by Gasteiger charge is 2.26. The fourth-order valence-electron chi connectivity index (χ4n) is 1.46. The molecule has 1 aromatic rings. The van der Waals surface area contributed by atoms with Gasteiger partial charge in [0.2, 0.25) is 15.9 Å². The number of rotatable bonds is 7. The Morgan fingerprint density at radius 1 is 1.24 bits per heavy atom. The Morgan fingerprint density at radius 2 is 1.76 bits per heavy atom. The number of halogens is 2. The third-order valence-corrected chi connectivity index (χ3v) is 4.31. The molecule has 0 radical (unpaired) electrons. The number of benzene rings is 1. The van der Waals surface area contributed by atoms with E-state index in [0.717, 1.165) is 12.1 Å². The van der Waals surface area contributed by atoms with E-state index in [0.29, 0.717) is 0 Å². The zero-order valence-electron chi connectivity index (χ0n) is 10.5. The van der Waals surface area contributed by atoms with Gasteiger partial charge < -0.3 is 10.8 Å². The largest absolute Gasteiger partial charge is 0.480 e. The van der Waals surface area contributed by atoms with Crippen molar-refractivity contribution in [3.05, 3.63) is 28.2 Å². The Bertz CT molecular complexity index is 642. The monoisotopic (exact) mass is 354 g/mol. The van der Waals surface area contributed by atoms with Crippen LogP contribution in [-0.4, -0.2) is 31.4 Å². The molecule has 0 heterocycles. The molecule has 10 heteroatoms. The van der Waals surface area contributed by atoms with Crippen molar-refractivity contribution in [2.24, 2.45) is 5.73 Å². The molecule has 0 fully saturated rings. The molecule has 0 spiro atoms. The SMILES string of the molecule is NC(=O)CC[C@H](NS(=O)(=O)c1cc(Cl)cc(Cl)c1)C(=O)O. The molecule has 7 nitrogen and oxygen atoms in total. The number of carboxylic acids is 1. The molecule has 0 saturated carbocycles. The van der Waals surface area contributed by atoms with Crippen molar-refractivity contribution in [3.63, 3.8) is 0 Å². The molecule has 4 N–H and O–H groups in total. The molecule has 0 aliphatic rings. The topological polar surface area (TPSA) is 127 Å². The van der Waals surface area contributed by atoms with Crippen molar-refractivity contribution in [1.29, 1.82) is 0 Å². The number of hydrogen-bond acceptors (Lipinski definition) is 4. The molecular formula is C11H12Cl2N2O5S. The van der Waals surface area contributed by atoms with E-state index < -0.39 is 27.9 Å². The molecule has 0 bridgehead atoms. The molecule has 1 atom stereocenters. The summed E-state index contributed by atoms with van der Waals surface area (Å²) in [6.07, 6.45) is -0.534. The lowest BCUT2D eigenvalue weighted by Crippen LogP contribution is -2.41. The van der Waals surface area contributed by atoms with E-state index in [1.807, 2.05) is 4.72 Å². The van der Waals surface area contributed by atoms with Crippen molar-refractivity contribution in [2.45, 2.75) is 23.8 Å². The maximum Gasteiger partial charge on any atom is 0.321 e. The smallest absolute Gasteiger partial charge is 0.321 e. The lowest BCUT2D eigenvalue weighted by molar-refractivity contribution is -0.139. The van der Waals surface area contributed by atoms with Crippen LogP contribution in [0.25, 0.3) is 0 Å². The van der Waals surface area contributed by atoms with Crippen molar-refractivity contribution < 1.29 is 23.1 Å². The quantitative estimate of drug-likeness (QED) is 0.672. The van der Waals surface area contributed by atoms with Crippen LogP contribution >= 0.6 is 23.2 Å². The first kappa shape index (κ1) is 17.7. The van der Waals surface area contributed by atoms with Crippen LogP contribution in [0.1, 0.15) is 12.8 Å². The Kier molecular flexibility index (Phi) is 5.97. The van der Waals surface area contributed by atoms with Gasteiger partial charge in [0.05, 0.1) is 4.90 Å². The van der Waals surface area contributed by atoms with Crippen LogP contribution in [-0.2, 0) is 19.6 Å². The summed E-state index contributed by atoms with van der Waals surface area (Å²) in [7, 11) is -4.15. The predicted octanol–water partition coefficient (Wildman–Crippen LogP) is 0.990. The maximum atomic E-state index is 12.1. The minimum atomic E-state index is -4.15. The van der Waals surface area contributed by atoms with E-state index in [4.69, 9.17) is 34.0 Å². The lowest BCUT2D eigenvalue weighted by atomic mass is 10.2. The van der Waals surface area contributed by atoms with Crippen molar-refractivity contribution >= 4 is 45.1 Å². The second kappa shape index (κ2) is 7.08. The van der Waals surface area contributed by atoms with Gasteiger partial charge in [0.15, 0.2) is 0 Å². The molecule has 116 valence electrons. The third kappa shape index (κ3) is 5.50. The van der Waals surface area contributed by atoms with Gasteiger partial charge in [0, 0.05) is 16.5 Å². The van der Waals surface area contributed by atoms with E-state index in [-0.39, 0.29) is 27.8 Å². The van der Waals surface area contributed by atoms with E-state index in [9.17, 15) is 18.0 Å². The first-order valence-corrected chi connectivity index (χ1v) is 7.85. The normalized spacial score (nSPS) is 12.9. The minimum Gasteiger partial charge on any atom is -0.480 e. The van der Waals surface area contributed by atoms with Crippen LogP contribution in [0.15, 0.2) is 23.1 Å². The van der Waals surface area contributed by atoms with E-state index >= 15 is 0 Å². The number of carbonyl (C=O) groups is 2. The van der Waals surface area contributed by atoms with Gasteiger partial charge in [-0.05, 0) is 24.6 Å². The standard InChI is InChI=1S/C11H12Cl2N2O5S/c12-6-3-7(13)5-8(4-6)21(19,20)15-9(11(17)18)1-2-10(14)16/h3-5,9,15H,1-2H2,(H2,14,16)(H,17,18)/t9-/m0/s1. The van der Waals surface area contributed by atoms with E-state index in [2.05, 4.69) is 0 Å². The summed E-state index contributed by atoms with van der Waals surface area (Å²) in [5, 5.41) is 9.15. The highest BCUT2D eigenvalue weighted by atomic mass is 35.5. The molecule has 0 aliphatic carbocycles. The Hall–Kier alpha value is -1.35. The summed E-state index contributed by atoms with van der Waals surface area (Å²) in [4.78, 5) is 21.4. The summed E-state index contributed by atoms with van der Waals surface area (Å²) in [5.74, 6) is -2.15. The van der Waals surface area contributed by atoms with Gasteiger partial charge in [0.25, 0.3) is 0 Å². The highest BCUT2D eigenvalue weighted by Crippen LogP contribution is 2.22. The van der Waals surface area contributed by atoms with Crippen LogP contribution in [0, 0.1) is 0 Å². The van der Waals surface area contributed by atoms with E-state index in [1.54, 1.807) is 0 Å². The molecule has 1 rings (SSSR count). The molecule has 1 aromatic carbocycles.